The molecule has 1 aromatic heterocycles. The third-order valence-corrected chi connectivity index (χ3v) is 5.65. The number of nitrogens with one attached hydrogen (secondary N) is 1. The minimum Gasteiger partial charge on any atom is -0.354 e. The lowest BCUT2D eigenvalue weighted by atomic mass is 10.00. The van der Waals surface area contributed by atoms with E-state index in [1.165, 1.54) is 11.1 Å². The Labute approximate surface area is 166 Å². The molecule has 28 heavy (non-hydrogen) atoms. The number of para-hydroxylation sites is 1. The first kappa shape index (κ1) is 18.7. The first-order valence-corrected chi connectivity index (χ1v) is 10.3. The van der Waals surface area contributed by atoms with Crippen molar-refractivity contribution in [2.45, 2.75) is 38.8 Å². The highest BCUT2D eigenvalue weighted by Gasteiger charge is 2.21. The van der Waals surface area contributed by atoms with Gasteiger partial charge in [0.2, 0.25) is 5.91 Å². The molecule has 1 unspecified atom stereocenters. The van der Waals surface area contributed by atoms with E-state index in [4.69, 9.17) is 0 Å². The standard InChI is InChI=1S/C23H28N4O/c1-2-21(27-22-11-6-5-9-19(22)16-25-27)23(28)24-13-7-14-26-15-12-18-8-3-4-10-20(18)17-26/h3-6,8-11,16,21H,2,7,12-15,17H2,1H3,(H,24,28). The summed E-state index contributed by atoms with van der Waals surface area (Å²) >= 11 is 0. The maximum atomic E-state index is 12.7. The zero-order chi connectivity index (χ0) is 19.3. The van der Waals surface area contributed by atoms with E-state index < -0.39 is 0 Å². The fourth-order valence-electron chi connectivity index (χ4n) is 4.09. The maximum Gasteiger partial charge on any atom is 0.244 e. The molecule has 5 heteroatoms. The van der Waals surface area contributed by atoms with Crippen LogP contribution in [0.4, 0.5) is 0 Å². The van der Waals surface area contributed by atoms with Gasteiger partial charge in [-0.1, -0.05) is 49.4 Å². The number of benzene rings is 2. The molecule has 0 fully saturated rings. The quantitative estimate of drug-likeness (QED) is 0.642. The van der Waals surface area contributed by atoms with E-state index >= 15 is 0 Å². The second kappa shape index (κ2) is 8.57. The lowest BCUT2D eigenvalue weighted by molar-refractivity contribution is -0.124. The SMILES string of the molecule is CCC(C(=O)NCCCN1CCc2ccccc2C1)n1ncc2ccccc21. The second-order valence-electron chi connectivity index (χ2n) is 7.51. The van der Waals surface area contributed by atoms with Gasteiger partial charge in [0.05, 0.1) is 11.7 Å². The summed E-state index contributed by atoms with van der Waals surface area (Å²) in [6.07, 6.45) is 4.64. The van der Waals surface area contributed by atoms with Gasteiger partial charge in [-0.15, -0.1) is 0 Å². The third kappa shape index (κ3) is 3.94. The highest BCUT2D eigenvalue weighted by atomic mass is 16.2. The van der Waals surface area contributed by atoms with Gasteiger partial charge in [-0.25, -0.2) is 0 Å². The molecule has 0 aliphatic carbocycles. The molecule has 2 aromatic carbocycles. The van der Waals surface area contributed by atoms with Gasteiger partial charge in [0.15, 0.2) is 0 Å². The Balaban J connectivity index is 1.28. The van der Waals surface area contributed by atoms with Crippen molar-refractivity contribution in [1.82, 2.24) is 20.0 Å². The number of aromatic nitrogens is 2. The number of carbonyl (C=O) groups excluding carboxylic acids is 1. The summed E-state index contributed by atoms with van der Waals surface area (Å²) in [5.74, 6) is 0.0559. The number of rotatable bonds is 7. The summed E-state index contributed by atoms with van der Waals surface area (Å²) in [5, 5.41) is 8.65. The average molecular weight is 377 g/mol. The van der Waals surface area contributed by atoms with E-state index in [-0.39, 0.29) is 11.9 Å². The van der Waals surface area contributed by atoms with Gasteiger partial charge in [0, 0.05) is 31.6 Å². The highest BCUT2D eigenvalue weighted by molar-refractivity contribution is 5.84. The molecule has 1 N–H and O–H groups in total. The smallest absolute Gasteiger partial charge is 0.244 e. The summed E-state index contributed by atoms with van der Waals surface area (Å²) in [7, 11) is 0. The van der Waals surface area contributed by atoms with Crippen molar-refractivity contribution < 1.29 is 4.79 Å². The highest BCUT2D eigenvalue weighted by Crippen LogP contribution is 2.20. The minimum atomic E-state index is -0.262. The van der Waals surface area contributed by atoms with Crippen LogP contribution >= 0.6 is 0 Å². The van der Waals surface area contributed by atoms with Crippen molar-refractivity contribution in [2.75, 3.05) is 19.6 Å². The fraction of sp³-hybridized carbons (Fsp3) is 0.391. The Morgan fingerprint density at radius 1 is 1.14 bits per heavy atom. The maximum absolute atomic E-state index is 12.7. The van der Waals surface area contributed by atoms with Crippen molar-refractivity contribution in [2.24, 2.45) is 0 Å². The zero-order valence-electron chi connectivity index (χ0n) is 16.5. The molecule has 1 aliphatic rings. The van der Waals surface area contributed by atoms with Gasteiger partial charge >= 0.3 is 0 Å². The molecule has 3 aromatic rings. The normalized spacial score (nSPS) is 15.3. The Kier molecular flexibility index (Phi) is 5.72. The number of hydrogen-bond donors (Lipinski definition) is 1. The van der Waals surface area contributed by atoms with Crippen LogP contribution in [0.3, 0.4) is 0 Å². The molecule has 0 radical (unpaired) electrons. The average Bonchev–Trinajstić information content (AvgIpc) is 3.16. The lowest BCUT2D eigenvalue weighted by Gasteiger charge is -2.28. The summed E-state index contributed by atoms with van der Waals surface area (Å²) in [6, 6.07) is 16.5. The molecule has 1 atom stereocenters. The van der Waals surface area contributed by atoms with Crippen molar-refractivity contribution in [1.29, 1.82) is 0 Å². The number of fused-ring (bicyclic) bond motifs is 2. The fourth-order valence-corrected chi connectivity index (χ4v) is 4.09. The van der Waals surface area contributed by atoms with Crippen molar-refractivity contribution in [3.8, 4) is 0 Å². The third-order valence-electron chi connectivity index (χ3n) is 5.65. The molecule has 5 nitrogen and oxygen atoms in total. The van der Waals surface area contributed by atoms with Crippen LogP contribution in [-0.2, 0) is 17.8 Å². The monoisotopic (exact) mass is 376 g/mol. The topological polar surface area (TPSA) is 50.2 Å². The summed E-state index contributed by atoms with van der Waals surface area (Å²) in [4.78, 5) is 15.2. The van der Waals surface area contributed by atoms with Crippen LogP contribution in [0, 0.1) is 0 Å². The lowest BCUT2D eigenvalue weighted by Crippen LogP contribution is -2.36. The van der Waals surface area contributed by atoms with Crippen molar-refractivity contribution in [3.05, 3.63) is 65.9 Å². The van der Waals surface area contributed by atoms with Crippen molar-refractivity contribution >= 4 is 16.8 Å². The molecule has 0 saturated heterocycles. The summed E-state index contributed by atoms with van der Waals surface area (Å²) in [6.45, 7) is 5.86. The predicted octanol–water partition coefficient (Wildman–Crippen LogP) is 3.55. The molecule has 1 amide bonds. The van der Waals surface area contributed by atoms with Gasteiger partial charge in [-0.2, -0.15) is 5.10 Å². The van der Waals surface area contributed by atoms with Gasteiger partial charge in [0.25, 0.3) is 0 Å². The van der Waals surface area contributed by atoms with E-state index in [2.05, 4.69) is 39.6 Å². The molecule has 4 rings (SSSR count). The number of carbonyl (C=O) groups is 1. The second-order valence-corrected chi connectivity index (χ2v) is 7.51. The van der Waals surface area contributed by atoms with E-state index in [1.807, 2.05) is 42.1 Å². The first-order chi connectivity index (χ1) is 13.8. The molecule has 146 valence electrons. The first-order valence-electron chi connectivity index (χ1n) is 10.3. The van der Waals surface area contributed by atoms with Gasteiger partial charge in [-0.05, 0) is 36.5 Å². The van der Waals surface area contributed by atoms with Crippen LogP contribution in [-0.4, -0.2) is 40.2 Å². The van der Waals surface area contributed by atoms with E-state index in [0.29, 0.717) is 6.54 Å². The molecule has 1 aliphatic heterocycles. The Morgan fingerprint density at radius 3 is 2.79 bits per heavy atom. The van der Waals surface area contributed by atoms with Gasteiger partial charge < -0.3 is 5.32 Å². The molecule has 0 saturated carbocycles. The van der Waals surface area contributed by atoms with Crippen LogP contribution in [0.5, 0.6) is 0 Å². The molecule has 0 spiro atoms. The molecular weight excluding hydrogens is 348 g/mol. The van der Waals surface area contributed by atoms with Crippen molar-refractivity contribution in [3.63, 3.8) is 0 Å². The number of amides is 1. The Hall–Kier alpha value is -2.66. The van der Waals surface area contributed by atoms with Gasteiger partial charge in [-0.3, -0.25) is 14.4 Å². The summed E-state index contributed by atoms with van der Waals surface area (Å²) in [5.41, 5.74) is 3.93. The molecule has 2 heterocycles. The van der Waals surface area contributed by atoms with E-state index in [0.717, 1.165) is 49.8 Å². The Bertz CT molecular complexity index is 948. The number of hydrogen-bond acceptors (Lipinski definition) is 3. The minimum absolute atomic E-state index is 0.0559. The van der Waals surface area contributed by atoms with E-state index in [1.54, 1.807) is 0 Å². The van der Waals surface area contributed by atoms with Crippen LogP contribution in [0.15, 0.2) is 54.7 Å². The Morgan fingerprint density at radius 2 is 1.93 bits per heavy atom. The summed E-state index contributed by atoms with van der Waals surface area (Å²) < 4.78 is 1.85. The van der Waals surface area contributed by atoms with Crippen LogP contribution in [0.2, 0.25) is 0 Å². The van der Waals surface area contributed by atoms with Crippen LogP contribution in [0.1, 0.15) is 36.9 Å². The van der Waals surface area contributed by atoms with E-state index in [9.17, 15) is 4.79 Å². The number of nitrogens with zero attached hydrogens (tertiary/aromatic N) is 3. The zero-order valence-corrected chi connectivity index (χ0v) is 16.5. The van der Waals surface area contributed by atoms with Gasteiger partial charge in [0.1, 0.15) is 6.04 Å². The molecule has 0 bridgehead atoms. The predicted molar refractivity (Wildman–Crippen MR) is 112 cm³/mol. The van der Waals surface area contributed by atoms with Crippen LogP contribution < -0.4 is 5.32 Å². The van der Waals surface area contributed by atoms with Crippen LogP contribution in [0.25, 0.3) is 10.9 Å². The largest absolute Gasteiger partial charge is 0.354 e. The molecular formula is C23H28N4O.